The van der Waals surface area contributed by atoms with Gasteiger partial charge in [0.05, 0.1) is 11.1 Å². The first-order valence-electron chi connectivity index (χ1n) is 5.93. The summed E-state index contributed by atoms with van der Waals surface area (Å²) in [4.78, 5) is 4.49. The number of alkyl halides is 3. The highest BCUT2D eigenvalue weighted by molar-refractivity contribution is 8.14. The predicted molar refractivity (Wildman–Crippen MR) is 73.7 cm³/mol. The monoisotopic (exact) mass is 288 g/mol. The van der Waals surface area contributed by atoms with E-state index in [9.17, 15) is 13.2 Å². The molecule has 0 saturated carbocycles. The largest absolute Gasteiger partial charge is 0.416 e. The molecular formula is C13H15F3N2S. The molecular weight excluding hydrogens is 273 g/mol. The third-order valence-corrected chi connectivity index (χ3v) is 3.67. The summed E-state index contributed by atoms with van der Waals surface area (Å²) in [5.74, 6) is 0.914. The zero-order valence-corrected chi connectivity index (χ0v) is 11.5. The Bertz CT molecular complexity index is 495. The summed E-state index contributed by atoms with van der Waals surface area (Å²) in [7, 11) is 0. The lowest BCUT2D eigenvalue weighted by Crippen LogP contribution is -2.27. The van der Waals surface area contributed by atoms with Gasteiger partial charge in [0.25, 0.3) is 0 Å². The molecule has 0 aromatic heterocycles. The van der Waals surface area contributed by atoms with Crippen molar-refractivity contribution in [1.82, 2.24) is 0 Å². The number of aliphatic imine (C=N–C) groups is 1. The summed E-state index contributed by atoms with van der Waals surface area (Å²) in [5.41, 5.74) is -0.396. The number of hydrogen-bond donors (Lipinski definition) is 1. The van der Waals surface area contributed by atoms with Gasteiger partial charge in [-0.15, -0.1) is 0 Å². The molecule has 1 aromatic carbocycles. The van der Waals surface area contributed by atoms with E-state index in [0.29, 0.717) is 10.9 Å². The zero-order chi connectivity index (χ0) is 14.1. The second kappa shape index (κ2) is 5.07. The third-order valence-electron chi connectivity index (χ3n) is 2.80. The first-order valence-corrected chi connectivity index (χ1v) is 6.92. The first-order chi connectivity index (χ1) is 8.76. The Morgan fingerprint density at radius 3 is 2.68 bits per heavy atom. The molecule has 2 rings (SSSR count). The van der Waals surface area contributed by atoms with Crippen LogP contribution >= 0.6 is 11.8 Å². The van der Waals surface area contributed by atoms with Crippen LogP contribution in [-0.4, -0.2) is 16.5 Å². The fourth-order valence-corrected chi connectivity index (χ4v) is 3.02. The van der Waals surface area contributed by atoms with Gasteiger partial charge >= 0.3 is 6.18 Å². The van der Waals surface area contributed by atoms with Crippen LogP contribution in [0.5, 0.6) is 0 Å². The van der Waals surface area contributed by atoms with Gasteiger partial charge in [0.15, 0.2) is 5.17 Å². The van der Waals surface area contributed by atoms with Crippen LogP contribution in [0.1, 0.15) is 25.8 Å². The SMILES string of the molecule is CC1(C)CCSC(Nc2cccc(C(F)(F)F)c2)=N1. The Morgan fingerprint density at radius 1 is 1.32 bits per heavy atom. The molecule has 19 heavy (non-hydrogen) atoms. The van der Waals surface area contributed by atoms with Gasteiger partial charge < -0.3 is 5.32 Å². The van der Waals surface area contributed by atoms with Crippen LogP contribution in [0.25, 0.3) is 0 Å². The van der Waals surface area contributed by atoms with Crippen molar-refractivity contribution in [1.29, 1.82) is 0 Å². The lowest BCUT2D eigenvalue weighted by molar-refractivity contribution is -0.137. The number of rotatable bonds is 1. The fraction of sp³-hybridized carbons (Fsp3) is 0.462. The van der Waals surface area contributed by atoms with Gasteiger partial charge in [-0.1, -0.05) is 17.8 Å². The Labute approximate surface area is 114 Å². The van der Waals surface area contributed by atoms with E-state index in [2.05, 4.69) is 10.3 Å². The van der Waals surface area contributed by atoms with Crippen LogP contribution in [0.4, 0.5) is 18.9 Å². The molecule has 2 nitrogen and oxygen atoms in total. The predicted octanol–water partition coefficient (Wildman–Crippen LogP) is 4.39. The minimum absolute atomic E-state index is 0.158. The number of hydrogen-bond acceptors (Lipinski definition) is 3. The molecule has 0 aliphatic carbocycles. The average molecular weight is 288 g/mol. The van der Waals surface area contributed by atoms with Gasteiger partial charge in [0.1, 0.15) is 0 Å². The number of nitrogens with one attached hydrogen (secondary N) is 1. The van der Waals surface area contributed by atoms with Crippen LogP contribution in [0.2, 0.25) is 0 Å². The number of halogens is 3. The van der Waals surface area contributed by atoms with Gasteiger partial charge in [-0.05, 0) is 38.5 Å². The molecule has 1 aliphatic rings. The summed E-state index contributed by atoms with van der Waals surface area (Å²) in [6.45, 7) is 4.03. The number of thioether (sulfide) groups is 1. The number of anilines is 1. The second-order valence-corrected chi connectivity index (χ2v) is 6.12. The number of amidine groups is 1. The van der Waals surface area contributed by atoms with Crippen molar-refractivity contribution in [3.63, 3.8) is 0 Å². The molecule has 0 saturated heterocycles. The molecule has 1 aliphatic heterocycles. The van der Waals surface area contributed by atoms with Gasteiger partial charge in [-0.3, -0.25) is 4.99 Å². The van der Waals surface area contributed by atoms with E-state index in [4.69, 9.17) is 0 Å². The summed E-state index contributed by atoms with van der Waals surface area (Å²) in [5, 5.41) is 3.64. The van der Waals surface area contributed by atoms with Crippen LogP contribution in [0.15, 0.2) is 29.3 Å². The molecule has 1 aromatic rings. The Kier molecular flexibility index (Phi) is 3.80. The molecule has 0 atom stereocenters. The topological polar surface area (TPSA) is 24.4 Å². The van der Waals surface area contributed by atoms with Crippen LogP contribution in [0, 0.1) is 0 Å². The van der Waals surface area contributed by atoms with Crippen LogP contribution < -0.4 is 5.32 Å². The fourth-order valence-electron chi connectivity index (χ4n) is 1.72. The average Bonchev–Trinajstić information content (AvgIpc) is 2.26. The van der Waals surface area contributed by atoms with E-state index in [-0.39, 0.29) is 5.54 Å². The highest BCUT2D eigenvalue weighted by Crippen LogP contribution is 2.32. The molecule has 0 unspecified atom stereocenters. The van der Waals surface area contributed by atoms with Crippen molar-refractivity contribution in [2.75, 3.05) is 11.1 Å². The maximum Gasteiger partial charge on any atom is 0.416 e. The van der Waals surface area contributed by atoms with E-state index in [1.54, 1.807) is 6.07 Å². The van der Waals surface area contributed by atoms with Crippen molar-refractivity contribution in [2.24, 2.45) is 4.99 Å². The molecule has 1 N–H and O–H groups in total. The number of benzene rings is 1. The minimum Gasteiger partial charge on any atom is -0.335 e. The molecule has 0 spiro atoms. The van der Waals surface area contributed by atoms with Crippen molar-refractivity contribution >= 4 is 22.6 Å². The first kappa shape index (κ1) is 14.2. The zero-order valence-electron chi connectivity index (χ0n) is 10.7. The van der Waals surface area contributed by atoms with E-state index in [1.807, 2.05) is 13.8 Å². The Balaban J connectivity index is 2.18. The van der Waals surface area contributed by atoms with Crippen molar-refractivity contribution in [3.05, 3.63) is 29.8 Å². The van der Waals surface area contributed by atoms with E-state index < -0.39 is 11.7 Å². The summed E-state index contributed by atoms with van der Waals surface area (Å²) >= 11 is 1.53. The molecule has 0 radical (unpaired) electrons. The Hall–Kier alpha value is -1.17. The molecule has 0 fully saturated rings. The molecule has 1 heterocycles. The third kappa shape index (κ3) is 3.89. The maximum absolute atomic E-state index is 12.6. The molecule has 0 bridgehead atoms. The van der Waals surface area contributed by atoms with E-state index in [1.165, 1.54) is 17.8 Å². The maximum atomic E-state index is 12.6. The van der Waals surface area contributed by atoms with Gasteiger partial charge in [0, 0.05) is 11.4 Å². The lowest BCUT2D eigenvalue weighted by atomic mass is 10.0. The van der Waals surface area contributed by atoms with Crippen molar-refractivity contribution < 1.29 is 13.2 Å². The van der Waals surface area contributed by atoms with Crippen LogP contribution in [0.3, 0.4) is 0 Å². The Morgan fingerprint density at radius 2 is 2.05 bits per heavy atom. The molecule has 6 heteroatoms. The highest BCUT2D eigenvalue weighted by atomic mass is 32.2. The molecule has 0 amide bonds. The molecule has 104 valence electrons. The summed E-state index contributed by atoms with van der Waals surface area (Å²) in [6.07, 6.45) is -3.36. The van der Waals surface area contributed by atoms with Gasteiger partial charge in [-0.2, -0.15) is 13.2 Å². The smallest absolute Gasteiger partial charge is 0.335 e. The van der Waals surface area contributed by atoms with Crippen molar-refractivity contribution in [3.8, 4) is 0 Å². The normalized spacial score (nSPS) is 18.9. The summed E-state index contributed by atoms with van der Waals surface area (Å²) < 4.78 is 37.8. The van der Waals surface area contributed by atoms with Gasteiger partial charge in [-0.25, -0.2) is 0 Å². The van der Waals surface area contributed by atoms with Crippen molar-refractivity contribution in [2.45, 2.75) is 32.0 Å². The van der Waals surface area contributed by atoms with Crippen LogP contribution in [-0.2, 0) is 6.18 Å². The van der Waals surface area contributed by atoms with E-state index in [0.717, 1.165) is 24.3 Å². The highest BCUT2D eigenvalue weighted by Gasteiger charge is 2.30. The number of nitrogens with zero attached hydrogens (tertiary/aromatic N) is 1. The quantitative estimate of drug-likeness (QED) is 0.829. The standard InChI is InChI=1S/C13H15F3N2S/c1-12(2)6-7-19-11(18-12)17-10-5-3-4-9(8-10)13(14,15)16/h3-5,8H,6-7H2,1-2H3,(H,17,18). The van der Waals surface area contributed by atoms with Gasteiger partial charge in [0.2, 0.25) is 0 Å². The lowest BCUT2D eigenvalue weighted by Gasteiger charge is -2.26. The minimum atomic E-state index is -4.32. The van der Waals surface area contributed by atoms with E-state index >= 15 is 0 Å². The summed E-state index contributed by atoms with van der Waals surface area (Å²) in [6, 6.07) is 5.17. The second-order valence-electron chi connectivity index (χ2n) is 5.03.